The van der Waals surface area contributed by atoms with E-state index in [1.807, 2.05) is 82.6 Å². The Morgan fingerprint density at radius 1 is 0.875 bits per heavy atom. The summed E-state index contributed by atoms with van der Waals surface area (Å²) in [5.41, 5.74) is 4.72. The minimum atomic E-state index is 0.0527. The van der Waals surface area contributed by atoms with Gasteiger partial charge in [0, 0.05) is 35.3 Å². The van der Waals surface area contributed by atoms with Crippen molar-refractivity contribution in [3.05, 3.63) is 94.8 Å². The summed E-state index contributed by atoms with van der Waals surface area (Å²) in [5, 5.41) is 0. The van der Waals surface area contributed by atoms with Crippen LogP contribution in [-0.2, 0) is 13.0 Å². The third-order valence-corrected chi connectivity index (χ3v) is 4.99. The van der Waals surface area contributed by atoms with E-state index >= 15 is 0 Å². The average molecular weight is 433 g/mol. The van der Waals surface area contributed by atoms with Gasteiger partial charge in [-0.3, -0.25) is 4.79 Å². The molecule has 0 atom stereocenters. The maximum atomic E-state index is 12.8. The first-order chi connectivity index (χ1) is 15.7. The molecule has 0 aliphatic heterocycles. The number of rotatable bonds is 5. The summed E-state index contributed by atoms with van der Waals surface area (Å²) in [4.78, 5) is 12.8. The lowest BCUT2D eigenvalue weighted by atomic mass is 10.1. The van der Waals surface area contributed by atoms with Crippen LogP contribution in [-0.4, -0.2) is 20.0 Å². The number of nitrogens with zero attached hydrogens (tertiary/aromatic N) is 1. The molecule has 0 fully saturated rings. The molecule has 1 aliphatic rings. The van der Waals surface area contributed by atoms with E-state index in [1.54, 1.807) is 20.3 Å². The summed E-state index contributed by atoms with van der Waals surface area (Å²) in [6.45, 7) is 8.82. The van der Waals surface area contributed by atoms with Gasteiger partial charge in [0.25, 0.3) is 0 Å². The monoisotopic (exact) mass is 432 g/mol. The summed E-state index contributed by atoms with van der Waals surface area (Å²) >= 11 is 0. The Labute approximate surface area is 192 Å². The molecule has 1 aliphatic carbocycles. The number of methoxy groups -OCH3 is 2. The summed E-state index contributed by atoms with van der Waals surface area (Å²) in [5.74, 6) is 1.28. The molecule has 0 unspecified atom stereocenters. The number of ketones is 1. The van der Waals surface area contributed by atoms with E-state index in [9.17, 15) is 4.79 Å². The summed E-state index contributed by atoms with van der Waals surface area (Å²) in [6, 6.07) is 18.1. The number of hydrogen-bond donors (Lipinski definition) is 0. The van der Waals surface area contributed by atoms with Gasteiger partial charge >= 0.3 is 0 Å². The number of aromatic nitrogens is 1. The zero-order valence-corrected chi connectivity index (χ0v) is 20.0. The number of Topliss-reactive ketones (excluding diaryl/α,β-unsaturated/α-hetero) is 1. The molecule has 0 saturated carbocycles. The standard InChI is InChI=1S/C24H22NO3.2C2H6/c1-27-22-14-19-13-20(24(26)21(19)15-23(22)28-2)12-17-8-10-25(11-9-17)16-18-6-4-3-5-7-18;2*1-2/h3-12,14-15H,13,16H2,1-2H3;2*1-2H3/q+1;;/b20-12+;;. The van der Waals surface area contributed by atoms with Crippen molar-refractivity contribution in [2.24, 2.45) is 0 Å². The third kappa shape index (κ3) is 5.85. The van der Waals surface area contributed by atoms with Gasteiger partial charge in [-0.15, -0.1) is 0 Å². The number of carbonyl (C=O) groups excluding carboxylic acids is 1. The Bertz CT molecular complexity index is 1040. The largest absolute Gasteiger partial charge is 0.493 e. The zero-order chi connectivity index (χ0) is 23.5. The van der Waals surface area contributed by atoms with Crippen molar-refractivity contribution in [1.29, 1.82) is 0 Å². The lowest BCUT2D eigenvalue weighted by molar-refractivity contribution is -0.688. The lowest BCUT2D eigenvalue weighted by Crippen LogP contribution is -2.33. The molecular formula is C28H34NO3+. The molecule has 1 heterocycles. The molecule has 1 aromatic heterocycles. The molecular weight excluding hydrogens is 398 g/mol. The van der Waals surface area contributed by atoms with Gasteiger partial charge in [0.15, 0.2) is 36.2 Å². The highest BCUT2D eigenvalue weighted by Crippen LogP contribution is 2.36. The summed E-state index contributed by atoms with van der Waals surface area (Å²) in [6.07, 6.45) is 6.65. The van der Waals surface area contributed by atoms with Gasteiger partial charge in [0.1, 0.15) is 0 Å². The number of fused-ring (bicyclic) bond motifs is 1. The van der Waals surface area contributed by atoms with Crippen LogP contribution in [0.2, 0.25) is 0 Å². The van der Waals surface area contributed by atoms with Crippen molar-refractivity contribution >= 4 is 11.9 Å². The zero-order valence-electron chi connectivity index (χ0n) is 20.0. The highest BCUT2D eigenvalue weighted by Gasteiger charge is 2.27. The van der Waals surface area contributed by atoms with Gasteiger partial charge in [-0.25, -0.2) is 4.57 Å². The Morgan fingerprint density at radius 2 is 1.47 bits per heavy atom. The quantitative estimate of drug-likeness (QED) is 0.371. The van der Waals surface area contributed by atoms with Crippen molar-refractivity contribution in [3.8, 4) is 11.5 Å². The maximum absolute atomic E-state index is 12.8. The van der Waals surface area contributed by atoms with Crippen LogP contribution < -0.4 is 14.0 Å². The highest BCUT2D eigenvalue weighted by atomic mass is 16.5. The molecule has 0 spiro atoms. The van der Waals surface area contributed by atoms with Crippen LogP contribution in [0.4, 0.5) is 0 Å². The fourth-order valence-electron chi connectivity index (χ4n) is 3.52. The Balaban J connectivity index is 0.000000860. The topological polar surface area (TPSA) is 39.4 Å². The molecule has 168 valence electrons. The smallest absolute Gasteiger partial charge is 0.189 e. The van der Waals surface area contributed by atoms with E-state index in [2.05, 4.69) is 16.7 Å². The number of ether oxygens (including phenoxy) is 2. The predicted octanol–water partition coefficient (Wildman–Crippen LogP) is 5.91. The van der Waals surface area contributed by atoms with Crippen LogP contribution in [0.25, 0.3) is 6.08 Å². The van der Waals surface area contributed by atoms with E-state index in [0.29, 0.717) is 23.5 Å². The molecule has 32 heavy (non-hydrogen) atoms. The maximum Gasteiger partial charge on any atom is 0.189 e. The SMILES string of the molecule is CC.CC.COc1cc2c(cc1OC)C(=O)/C(=C/c1cc[n+](Cc3ccccc3)cc1)C2. The fraction of sp³-hybridized carbons (Fsp3) is 0.286. The molecule has 4 nitrogen and oxygen atoms in total. The first kappa shape index (κ1) is 24.9. The van der Waals surface area contributed by atoms with Crippen molar-refractivity contribution < 1.29 is 18.8 Å². The van der Waals surface area contributed by atoms with Gasteiger partial charge in [-0.2, -0.15) is 0 Å². The second kappa shape index (κ2) is 12.5. The first-order valence-corrected chi connectivity index (χ1v) is 11.2. The average Bonchev–Trinajstić information content (AvgIpc) is 3.16. The van der Waals surface area contributed by atoms with E-state index in [-0.39, 0.29) is 5.78 Å². The normalized spacial score (nSPS) is 12.8. The van der Waals surface area contributed by atoms with Gasteiger partial charge in [-0.05, 0) is 29.3 Å². The Morgan fingerprint density at radius 3 is 2.06 bits per heavy atom. The van der Waals surface area contributed by atoms with Crippen molar-refractivity contribution in [3.63, 3.8) is 0 Å². The van der Waals surface area contributed by atoms with Gasteiger partial charge in [-0.1, -0.05) is 58.0 Å². The fourth-order valence-corrected chi connectivity index (χ4v) is 3.52. The van der Waals surface area contributed by atoms with Crippen LogP contribution in [0.15, 0.2) is 72.6 Å². The van der Waals surface area contributed by atoms with Gasteiger partial charge < -0.3 is 9.47 Å². The van der Waals surface area contributed by atoms with E-state index < -0.39 is 0 Å². The first-order valence-electron chi connectivity index (χ1n) is 11.2. The molecule has 4 rings (SSSR count). The van der Waals surface area contributed by atoms with Crippen LogP contribution in [0.5, 0.6) is 11.5 Å². The van der Waals surface area contributed by atoms with E-state index in [4.69, 9.17) is 9.47 Å². The molecule has 0 bridgehead atoms. The molecule has 2 aromatic carbocycles. The van der Waals surface area contributed by atoms with Crippen LogP contribution >= 0.6 is 0 Å². The molecule has 3 aromatic rings. The van der Waals surface area contributed by atoms with E-state index in [0.717, 1.165) is 23.2 Å². The number of hydrogen-bond acceptors (Lipinski definition) is 3. The summed E-state index contributed by atoms with van der Waals surface area (Å²) < 4.78 is 12.8. The third-order valence-electron chi connectivity index (χ3n) is 4.99. The van der Waals surface area contributed by atoms with Crippen molar-refractivity contribution in [1.82, 2.24) is 0 Å². The number of pyridine rings is 1. The minimum absolute atomic E-state index is 0.0527. The van der Waals surface area contributed by atoms with Crippen molar-refractivity contribution in [2.75, 3.05) is 14.2 Å². The van der Waals surface area contributed by atoms with Crippen LogP contribution in [0.1, 0.15) is 54.7 Å². The van der Waals surface area contributed by atoms with Crippen molar-refractivity contribution in [2.45, 2.75) is 40.7 Å². The predicted molar refractivity (Wildman–Crippen MR) is 130 cm³/mol. The molecule has 0 amide bonds. The van der Waals surface area contributed by atoms with Gasteiger partial charge in [0.2, 0.25) is 0 Å². The Kier molecular flexibility index (Phi) is 9.68. The minimum Gasteiger partial charge on any atom is -0.493 e. The van der Waals surface area contributed by atoms with Crippen LogP contribution in [0, 0.1) is 0 Å². The lowest BCUT2D eigenvalue weighted by Gasteiger charge is -2.08. The number of allylic oxidation sites excluding steroid dienone is 1. The number of carbonyl (C=O) groups is 1. The highest BCUT2D eigenvalue weighted by molar-refractivity contribution is 6.15. The molecule has 0 saturated heterocycles. The number of benzene rings is 2. The molecule has 0 N–H and O–H groups in total. The van der Waals surface area contributed by atoms with Crippen LogP contribution in [0.3, 0.4) is 0 Å². The second-order valence-electron chi connectivity index (χ2n) is 6.83. The molecule has 0 radical (unpaired) electrons. The molecule has 4 heteroatoms. The van der Waals surface area contributed by atoms with Gasteiger partial charge in [0.05, 0.1) is 14.2 Å². The Hall–Kier alpha value is -3.40. The second-order valence-corrected chi connectivity index (χ2v) is 6.83. The summed E-state index contributed by atoms with van der Waals surface area (Å²) in [7, 11) is 3.18. The van der Waals surface area contributed by atoms with E-state index in [1.165, 1.54) is 5.56 Å².